The molecule has 2 aromatic rings. The van der Waals surface area contributed by atoms with Crippen LogP contribution in [-0.2, 0) is 0 Å². The van der Waals surface area contributed by atoms with E-state index in [4.69, 9.17) is 0 Å². The van der Waals surface area contributed by atoms with Gasteiger partial charge in [0.1, 0.15) is 5.82 Å². The van der Waals surface area contributed by atoms with E-state index in [2.05, 4.69) is 4.98 Å². The summed E-state index contributed by atoms with van der Waals surface area (Å²) in [5, 5.41) is 9.72. The van der Waals surface area contributed by atoms with E-state index in [1.165, 1.54) is 18.6 Å². The largest absolute Gasteiger partial charge is 0.478 e. The highest BCUT2D eigenvalue weighted by Gasteiger charge is 2.20. The Kier molecular flexibility index (Phi) is 3.38. The minimum Gasteiger partial charge on any atom is -0.478 e. The third-order valence-corrected chi connectivity index (χ3v) is 4.04. The standard InChI is InChI=1S/C16H16FNO2/c17-11-6-7-14-12(8-11)13(16(19)20)9-15(18-14)10-4-2-1-3-5-10/h6-10H,1-5H2,(H,19,20). The minimum absolute atomic E-state index is 0.148. The second-order valence-electron chi connectivity index (χ2n) is 5.40. The summed E-state index contributed by atoms with van der Waals surface area (Å²) in [5.41, 5.74) is 1.54. The number of rotatable bonds is 2. The number of aromatic nitrogens is 1. The van der Waals surface area contributed by atoms with E-state index in [-0.39, 0.29) is 5.56 Å². The molecule has 0 radical (unpaired) electrons. The fourth-order valence-corrected chi connectivity index (χ4v) is 3.00. The number of hydrogen-bond donors (Lipinski definition) is 1. The highest BCUT2D eigenvalue weighted by atomic mass is 19.1. The Bertz CT molecular complexity index is 663. The Hall–Kier alpha value is -1.97. The molecule has 1 aliphatic carbocycles. The fraction of sp³-hybridized carbons (Fsp3) is 0.375. The van der Waals surface area contributed by atoms with Crippen LogP contribution in [0.25, 0.3) is 10.9 Å². The monoisotopic (exact) mass is 273 g/mol. The van der Waals surface area contributed by atoms with Crippen molar-refractivity contribution in [3.8, 4) is 0 Å². The molecule has 1 aliphatic rings. The van der Waals surface area contributed by atoms with Crippen LogP contribution in [0, 0.1) is 5.82 Å². The predicted molar refractivity (Wildman–Crippen MR) is 74.5 cm³/mol. The summed E-state index contributed by atoms with van der Waals surface area (Å²) in [5.74, 6) is -1.14. The molecule has 4 heteroatoms. The number of nitrogens with zero attached hydrogens (tertiary/aromatic N) is 1. The first kappa shape index (κ1) is 13.0. The van der Waals surface area contributed by atoms with Crippen molar-refractivity contribution in [2.75, 3.05) is 0 Å². The number of aromatic carboxylic acids is 1. The van der Waals surface area contributed by atoms with E-state index >= 15 is 0 Å². The SMILES string of the molecule is O=C(O)c1cc(C2CCCCC2)nc2ccc(F)cc12. The molecule has 0 atom stereocenters. The zero-order valence-corrected chi connectivity index (χ0v) is 11.1. The van der Waals surface area contributed by atoms with Crippen molar-refractivity contribution in [2.24, 2.45) is 0 Å². The lowest BCUT2D eigenvalue weighted by atomic mass is 9.86. The molecule has 1 aromatic carbocycles. The van der Waals surface area contributed by atoms with E-state index in [9.17, 15) is 14.3 Å². The van der Waals surface area contributed by atoms with E-state index in [0.717, 1.165) is 31.4 Å². The lowest BCUT2D eigenvalue weighted by molar-refractivity contribution is 0.0699. The number of benzene rings is 1. The van der Waals surface area contributed by atoms with Gasteiger partial charge in [-0.3, -0.25) is 4.98 Å². The van der Waals surface area contributed by atoms with Crippen LogP contribution in [0.2, 0.25) is 0 Å². The summed E-state index contributed by atoms with van der Waals surface area (Å²) in [4.78, 5) is 16.0. The van der Waals surface area contributed by atoms with Gasteiger partial charge in [-0.2, -0.15) is 0 Å². The Labute approximate surface area is 116 Å². The van der Waals surface area contributed by atoms with Gasteiger partial charge in [-0.25, -0.2) is 9.18 Å². The number of fused-ring (bicyclic) bond motifs is 1. The lowest BCUT2D eigenvalue weighted by Gasteiger charge is -2.21. The van der Waals surface area contributed by atoms with Crippen LogP contribution >= 0.6 is 0 Å². The van der Waals surface area contributed by atoms with Gasteiger partial charge in [-0.15, -0.1) is 0 Å². The molecule has 0 amide bonds. The summed E-state index contributed by atoms with van der Waals surface area (Å²) in [7, 11) is 0. The van der Waals surface area contributed by atoms with Crippen molar-refractivity contribution in [1.29, 1.82) is 0 Å². The zero-order valence-electron chi connectivity index (χ0n) is 11.1. The molecule has 0 bridgehead atoms. The molecule has 1 N–H and O–H groups in total. The fourth-order valence-electron chi connectivity index (χ4n) is 3.00. The van der Waals surface area contributed by atoms with Crippen LogP contribution < -0.4 is 0 Å². The van der Waals surface area contributed by atoms with Crippen molar-refractivity contribution < 1.29 is 14.3 Å². The van der Waals surface area contributed by atoms with Crippen molar-refractivity contribution in [2.45, 2.75) is 38.0 Å². The smallest absolute Gasteiger partial charge is 0.336 e. The van der Waals surface area contributed by atoms with Gasteiger partial charge in [-0.1, -0.05) is 19.3 Å². The van der Waals surface area contributed by atoms with E-state index in [1.807, 2.05) is 0 Å². The molecular weight excluding hydrogens is 257 g/mol. The molecule has 1 aromatic heterocycles. The van der Waals surface area contributed by atoms with Crippen molar-refractivity contribution in [1.82, 2.24) is 4.98 Å². The molecule has 0 unspecified atom stereocenters. The molecule has 1 heterocycles. The Balaban J connectivity index is 2.15. The second kappa shape index (κ2) is 5.19. The van der Waals surface area contributed by atoms with Crippen LogP contribution in [0.5, 0.6) is 0 Å². The molecule has 1 saturated carbocycles. The Morgan fingerprint density at radius 1 is 1.20 bits per heavy atom. The molecular formula is C16H16FNO2. The van der Waals surface area contributed by atoms with Crippen LogP contribution in [0.4, 0.5) is 4.39 Å². The number of carbonyl (C=O) groups is 1. The number of carboxylic acids is 1. The van der Waals surface area contributed by atoms with Crippen LogP contribution in [0.15, 0.2) is 24.3 Å². The Morgan fingerprint density at radius 2 is 1.95 bits per heavy atom. The van der Waals surface area contributed by atoms with Gasteiger partial charge in [0.05, 0.1) is 11.1 Å². The average molecular weight is 273 g/mol. The van der Waals surface area contributed by atoms with Crippen molar-refractivity contribution in [3.05, 3.63) is 41.3 Å². The Morgan fingerprint density at radius 3 is 2.65 bits per heavy atom. The van der Waals surface area contributed by atoms with Gasteiger partial charge < -0.3 is 5.11 Å². The summed E-state index contributed by atoms with van der Waals surface area (Å²) in [6.07, 6.45) is 5.67. The highest BCUT2D eigenvalue weighted by Crippen LogP contribution is 2.33. The van der Waals surface area contributed by atoms with E-state index in [0.29, 0.717) is 16.8 Å². The number of hydrogen-bond acceptors (Lipinski definition) is 2. The van der Waals surface area contributed by atoms with Gasteiger partial charge in [0.15, 0.2) is 0 Å². The summed E-state index contributed by atoms with van der Waals surface area (Å²) in [6.45, 7) is 0. The number of carboxylic acid groups (broad SMARTS) is 1. The highest BCUT2D eigenvalue weighted by molar-refractivity contribution is 6.02. The maximum Gasteiger partial charge on any atom is 0.336 e. The summed E-state index contributed by atoms with van der Waals surface area (Å²) >= 11 is 0. The molecule has 20 heavy (non-hydrogen) atoms. The summed E-state index contributed by atoms with van der Waals surface area (Å²) < 4.78 is 13.3. The van der Waals surface area contributed by atoms with Gasteiger partial charge in [0.2, 0.25) is 0 Å². The number of pyridine rings is 1. The van der Waals surface area contributed by atoms with E-state index < -0.39 is 11.8 Å². The van der Waals surface area contributed by atoms with Gasteiger partial charge in [0, 0.05) is 17.0 Å². The average Bonchev–Trinajstić information content (AvgIpc) is 2.47. The van der Waals surface area contributed by atoms with Crippen LogP contribution in [-0.4, -0.2) is 16.1 Å². The summed E-state index contributed by atoms with van der Waals surface area (Å²) in [6, 6.07) is 5.76. The van der Waals surface area contributed by atoms with Gasteiger partial charge in [0.25, 0.3) is 0 Å². The predicted octanol–water partition coefficient (Wildman–Crippen LogP) is 4.12. The lowest BCUT2D eigenvalue weighted by Crippen LogP contribution is -2.09. The second-order valence-corrected chi connectivity index (χ2v) is 5.40. The molecule has 0 saturated heterocycles. The van der Waals surface area contributed by atoms with Crippen molar-refractivity contribution in [3.63, 3.8) is 0 Å². The molecule has 0 spiro atoms. The molecule has 104 valence electrons. The molecule has 1 fully saturated rings. The van der Waals surface area contributed by atoms with Crippen LogP contribution in [0.1, 0.15) is 54.1 Å². The molecule has 3 nitrogen and oxygen atoms in total. The van der Waals surface area contributed by atoms with E-state index in [1.54, 1.807) is 12.1 Å². The van der Waals surface area contributed by atoms with Crippen molar-refractivity contribution >= 4 is 16.9 Å². The molecule has 3 rings (SSSR count). The third kappa shape index (κ3) is 2.38. The topological polar surface area (TPSA) is 50.2 Å². The quantitative estimate of drug-likeness (QED) is 0.895. The normalized spacial score (nSPS) is 16.4. The van der Waals surface area contributed by atoms with Gasteiger partial charge >= 0.3 is 5.97 Å². The minimum atomic E-state index is -1.03. The first-order chi connectivity index (χ1) is 9.65. The van der Waals surface area contributed by atoms with Crippen LogP contribution in [0.3, 0.4) is 0 Å². The zero-order chi connectivity index (χ0) is 14.1. The first-order valence-corrected chi connectivity index (χ1v) is 6.98. The molecule has 0 aliphatic heterocycles. The number of halogens is 1. The maximum absolute atomic E-state index is 13.3. The maximum atomic E-state index is 13.3. The third-order valence-electron chi connectivity index (χ3n) is 4.04. The first-order valence-electron chi connectivity index (χ1n) is 6.98. The van der Waals surface area contributed by atoms with Gasteiger partial charge in [-0.05, 0) is 37.1 Å².